The molecule has 13 heavy (non-hydrogen) atoms. The molecule has 0 heterocycles. The number of aliphatic carboxylic acids is 1. The molecule has 0 bridgehead atoms. The number of hydroxylamine groups is 1. The van der Waals surface area contributed by atoms with Gasteiger partial charge in [0.05, 0.1) is 12.5 Å². The smallest absolute Gasteiger partial charge is 0.305 e. The molecule has 0 aromatic rings. The number of aliphatic hydroxyl groups is 1. The first-order valence-corrected chi connectivity index (χ1v) is 3.89. The molecule has 0 rings (SSSR count). The average Bonchev–Trinajstić information content (AvgIpc) is 2.02. The number of amides is 1. The lowest BCUT2D eigenvalue weighted by molar-refractivity contribution is -0.139. The van der Waals surface area contributed by atoms with Gasteiger partial charge in [0.1, 0.15) is 0 Å². The maximum atomic E-state index is 10.5. The number of carboxylic acid groups (broad SMARTS) is 1. The standard InChI is InChI=1S/C7H13NO5/c9-5(4-7(11)12)2-1-3-6(10)8-13/h5,9,13H,1-4H2,(H,8,10)(H,11,12). The molecule has 76 valence electrons. The van der Waals surface area contributed by atoms with E-state index >= 15 is 0 Å². The predicted octanol–water partition coefficient (Wildman–Crippen LogP) is -0.502. The number of hydrogen-bond donors (Lipinski definition) is 4. The van der Waals surface area contributed by atoms with Crippen molar-refractivity contribution in [3.8, 4) is 0 Å². The second kappa shape index (κ2) is 6.38. The Balaban J connectivity index is 3.42. The van der Waals surface area contributed by atoms with E-state index in [1.807, 2.05) is 0 Å². The predicted molar refractivity (Wildman–Crippen MR) is 42.0 cm³/mol. The molecule has 1 amide bonds. The first kappa shape index (κ1) is 11.9. The summed E-state index contributed by atoms with van der Waals surface area (Å²) in [6, 6.07) is 0. The van der Waals surface area contributed by atoms with Gasteiger partial charge < -0.3 is 10.2 Å². The minimum atomic E-state index is -1.07. The molecule has 0 saturated carbocycles. The topological polar surface area (TPSA) is 107 Å². The molecule has 0 spiro atoms. The van der Waals surface area contributed by atoms with E-state index in [4.69, 9.17) is 15.4 Å². The van der Waals surface area contributed by atoms with Crippen molar-refractivity contribution in [3.63, 3.8) is 0 Å². The summed E-state index contributed by atoms with van der Waals surface area (Å²) in [5, 5.41) is 25.4. The van der Waals surface area contributed by atoms with E-state index in [1.165, 1.54) is 5.48 Å². The van der Waals surface area contributed by atoms with Crippen LogP contribution in [0.15, 0.2) is 0 Å². The molecule has 0 aromatic carbocycles. The number of rotatable bonds is 6. The summed E-state index contributed by atoms with van der Waals surface area (Å²) in [6.07, 6.45) is -0.585. The number of hydrogen-bond acceptors (Lipinski definition) is 4. The molecule has 4 N–H and O–H groups in total. The largest absolute Gasteiger partial charge is 0.481 e. The quantitative estimate of drug-likeness (QED) is 0.334. The lowest BCUT2D eigenvalue weighted by Gasteiger charge is -2.05. The molecule has 0 radical (unpaired) electrons. The summed E-state index contributed by atoms with van der Waals surface area (Å²) < 4.78 is 0. The van der Waals surface area contributed by atoms with Gasteiger partial charge >= 0.3 is 5.97 Å². The third kappa shape index (κ3) is 7.23. The highest BCUT2D eigenvalue weighted by molar-refractivity contribution is 5.74. The van der Waals surface area contributed by atoms with Crippen LogP contribution in [0.3, 0.4) is 0 Å². The van der Waals surface area contributed by atoms with Gasteiger partial charge in [0.2, 0.25) is 5.91 Å². The lowest BCUT2D eigenvalue weighted by atomic mass is 10.1. The summed E-state index contributed by atoms with van der Waals surface area (Å²) in [5.74, 6) is -1.61. The second-order valence-corrected chi connectivity index (χ2v) is 2.68. The van der Waals surface area contributed by atoms with Gasteiger partial charge in [0.15, 0.2) is 0 Å². The average molecular weight is 191 g/mol. The first-order chi connectivity index (χ1) is 6.06. The van der Waals surface area contributed by atoms with Gasteiger partial charge in [-0.15, -0.1) is 0 Å². The Kier molecular flexibility index (Phi) is 5.82. The van der Waals surface area contributed by atoms with Crippen molar-refractivity contribution in [2.75, 3.05) is 0 Å². The van der Waals surface area contributed by atoms with Crippen LogP contribution in [-0.2, 0) is 9.59 Å². The van der Waals surface area contributed by atoms with Gasteiger partial charge in [-0.1, -0.05) is 0 Å². The number of nitrogens with one attached hydrogen (secondary N) is 1. The first-order valence-electron chi connectivity index (χ1n) is 3.89. The molecular formula is C7H13NO5. The van der Waals surface area contributed by atoms with Crippen LogP contribution in [0.25, 0.3) is 0 Å². The normalized spacial score (nSPS) is 12.2. The van der Waals surface area contributed by atoms with Gasteiger partial charge in [0.25, 0.3) is 0 Å². The van der Waals surface area contributed by atoms with E-state index in [0.29, 0.717) is 6.42 Å². The van der Waals surface area contributed by atoms with Gasteiger partial charge in [0, 0.05) is 6.42 Å². The van der Waals surface area contributed by atoms with Crippen LogP contribution in [-0.4, -0.2) is 33.4 Å². The van der Waals surface area contributed by atoms with Gasteiger partial charge in [-0.05, 0) is 12.8 Å². The highest BCUT2D eigenvalue weighted by Gasteiger charge is 2.09. The van der Waals surface area contributed by atoms with Gasteiger partial charge in [-0.2, -0.15) is 0 Å². The van der Waals surface area contributed by atoms with E-state index in [0.717, 1.165) is 0 Å². The second-order valence-electron chi connectivity index (χ2n) is 2.68. The van der Waals surface area contributed by atoms with Crippen LogP contribution in [0.5, 0.6) is 0 Å². The van der Waals surface area contributed by atoms with Crippen LogP contribution in [0, 0.1) is 0 Å². The summed E-state index contributed by atoms with van der Waals surface area (Å²) in [5.41, 5.74) is 1.44. The van der Waals surface area contributed by atoms with Gasteiger partial charge in [-0.3, -0.25) is 14.8 Å². The minimum Gasteiger partial charge on any atom is -0.481 e. The molecule has 0 aliphatic heterocycles. The maximum absolute atomic E-state index is 10.5. The van der Waals surface area contributed by atoms with Crippen molar-refractivity contribution in [2.45, 2.75) is 31.8 Å². The van der Waals surface area contributed by atoms with E-state index in [2.05, 4.69) is 0 Å². The molecule has 0 aromatic heterocycles. The fraction of sp³-hybridized carbons (Fsp3) is 0.714. The van der Waals surface area contributed by atoms with Crippen molar-refractivity contribution >= 4 is 11.9 Å². The van der Waals surface area contributed by atoms with E-state index in [9.17, 15) is 9.59 Å². The fourth-order valence-electron chi connectivity index (χ4n) is 0.858. The Labute approximate surface area is 75.1 Å². The molecule has 0 aliphatic rings. The number of carbonyl (C=O) groups excluding carboxylic acids is 1. The minimum absolute atomic E-state index is 0.0766. The highest BCUT2D eigenvalue weighted by Crippen LogP contribution is 2.04. The molecule has 0 saturated heterocycles. The van der Waals surface area contributed by atoms with Crippen molar-refractivity contribution in [1.82, 2.24) is 5.48 Å². The zero-order valence-corrected chi connectivity index (χ0v) is 7.06. The zero-order valence-electron chi connectivity index (χ0n) is 7.06. The Bertz CT molecular complexity index is 182. The van der Waals surface area contributed by atoms with Crippen molar-refractivity contribution in [3.05, 3.63) is 0 Å². The van der Waals surface area contributed by atoms with Crippen molar-refractivity contribution < 1.29 is 25.0 Å². The van der Waals surface area contributed by atoms with E-state index in [1.54, 1.807) is 0 Å². The SMILES string of the molecule is O=C(O)CC(O)CCCC(=O)NO. The molecule has 1 unspecified atom stereocenters. The van der Waals surface area contributed by atoms with Crippen LogP contribution in [0.4, 0.5) is 0 Å². The number of carbonyl (C=O) groups is 2. The molecule has 6 nitrogen and oxygen atoms in total. The summed E-state index contributed by atoms with van der Waals surface area (Å²) in [7, 11) is 0. The summed E-state index contributed by atoms with van der Waals surface area (Å²) in [6.45, 7) is 0. The van der Waals surface area contributed by atoms with E-state index in [-0.39, 0.29) is 19.3 Å². The van der Waals surface area contributed by atoms with Crippen LogP contribution < -0.4 is 5.48 Å². The molecule has 0 fully saturated rings. The van der Waals surface area contributed by atoms with Crippen molar-refractivity contribution in [2.24, 2.45) is 0 Å². The maximum Gasteiger partial charge on any atom is 0.305 e. The number of carboxylic acids is 1. The molecular weight excluding hydrogens is 178 g/mol. The van der Waals surface area contributed by atoms with Crippen LogP contribution in [0.1, 0.15) is 25.7 Å². The Morgan fingerprint density at radius 1 is 1.38 bits per heavy atom. The fourth-order valence-corrected chi connectivity index (χ4v) is 0.858. The summed E-state index contributed by atoms with van der Waals surface area (Å²) in [4.78, 5) is 20.5. The third-order valence-electron chi connectivity index (χ3n) is 1.48. The third-order valence-corrected chi connectivity index (χ3v) is 1.48. The van der Waals surface area contributed by atoms with Gasteiger partial charge in [-0.25, -0.2) is 5.48 Å². The number of aliphatic hydroxyl groups excluding tert-OH is 1. The Hall–Kier alpha value is -1.14. The highest BCUT2D eigenvalue weighted by atomic mass is 16.5. The zero-order chi connectivity index (χ0) is 10.3. The monoisotopic (exact) mass is 191 g/mol. The Morgan fingerprint density at radius 2 is 2.00 bits per heavy atom. The van der Waals surface area contributed by atoms with Crippen LogP contribution >= 0.6 is 0 Å². The van der Waals surface area contributed by atoms with Crippen LogP contribution in [0.2, 0.25) is 0 Å². The molecule has 6 heteroatoms. The summed E-state index contributed by atoms with van der Waals surface area (Å²) >= 11 is 0. The Morgan fingerprint density at radius 3 is 2.46 bits per heavy atom. The van der Waals surface area contributed by atoms with Crippen molar-refractivity contribution in [1.29, 1.82) is 0 Å². The molecule has 1 atom stereocenters. The molecule has 0 aliphatic carbocycles. The lowest BCUT2D eigenvalue weighted by Crippen LogP contribution is -2.19. The van der Waals surface area contributed by atoms with E-state index < -0.39 is 18.0 Å².